The number of nitrogens with zero attached hydrogens (tertiary/aromatic N) is 2. The summed E-state index contributed by atoms with van der Waals surface area (Å²) in [5.41, 5.74) is 2.05. The van der Waals surface area contributed by atoms with Gasteiger partial charge in [-0.1, -0.05) is 36.4 Å². The van der Waals surface area contributed by atoms with E-state index in [1.54, 1.807) is 54.2 Å². The van der Waals surface area contributed by atoms with Gasteiger partial charge in [0.1, 0.15) is 17.3 Å². The molecule has 1 N–H and O–H groups in total. The van der Waals surface area contributed by atoms with Crippen LogP contribution in [0.15, 0.2) is 77.6 Å². The fourth-order valence-electron chi connectivity index (χ4n) is 3.02. The lowest BCUT2D eigenvalue weighted by molar-refractivity contribution is 0.414. The minimum Gasteiger partial charge on any atom is -0.508 e. The molecule has 1 aromatic heterocycles. The highest BCUT2D eigenvalue weighted by Gasteiger charge is 2.11. The molecule has 0 spiro atoms. The zero-order valence-electron chi connectivity index (χ0n) is 15.2. The van der Waals surface area contributed by atoms with Gasteiger partial charge in [0, 0.05) is 6.07 Å². The van der Waals surface area contributed by atoms with E-state index in [1.807, 2.05) is 42.5 Å². The summed E-state index contributed by atoms with van der Waals surface area (Å²) in [6.45, 7) is 0. The second-order valence-electron chi connectivity index (χ2n) is 6.25. The number of hydrogen-bond acceptors (Lipinski definition) is 4. The third-order valence-corrected chi connectivity index (χ3v) is 4.43. The van der Waals surface area contributed by atoms with Crippen LogP contribution in [0.25, 0.3) is 28.7 Å². The van der Waals surface area contributed by atoms with Gasteiger partial charge >= 0.3 is 0 Å². The molecule has 0 bridgehead atoms. The lowest BCUT2D eigenvalue weighted by Crippen LogP contribution is -2.22. The van der Waals surface area contributed by atoms with Crippen LogP contribution in [0.1, 0.15) is 11.4 Å². The highest BCUT2D eigenvalue weighted by atomic mass is 16.5. The van der Waals surface area contributed by atoms with Gasteiger partial charge in [-0.2, -0.15) is 0 Å². The van der Waals surface area contributed by atoms with Gasteiger partial charge in [-0.05, 0) is 48.0 Å². The first-order valence-corrected chi connectivity index (χ1v) is 8.79. The number of aromatic nitrogens is 2. The molecule has 0 atom stereocenters. The fourth-order valence-corrected chi connectivity index (χ4v) is 3.02. The van der Waals surface area contributed by atoms with E-state index < -0.39 is 0 Å². The Morgan fingerprint density at radius 2 is 1.75 bits per heavy atom. The van der Waals surface area contributed by atoms with Gasteiger partial charge in [0.25, 0.3) is 5.56 Å². The molecule has 0 aliphatic carbocycles. The van der Waals surface area contributed by atoms with Crippen LogP contribution >= 0.6 is 0 Å². The summed E-state index contributed by atoms with van der Waals surface area (Å²) in [7, 11) is 1.59. The maximum atomic E-state index is 13.2. The molecule has 3 aromatic carbocycles. The molecule has 0 saturated carbocycles. The topological polar surface area (TPSA) is 64.3 Å². The molecule has 0 aliphatic rings. The molecule has 0 saturated heterocycles. The molecule has 5 nitrogen and oxygen atoms in total. The van der Waals surface area contributed by atoms with Crippen LogP contribution in [-0.4, -0.2) is 21.8 Å². The molecule has 28 heavy (non-hydrogen) atoms. The van der Waals surface area contributed by atoms with Crippen molar-refractivity contribution < 1.29 is 9.84 Å². The maximum absolute atomic E-state index is 13.2. The normalized spacial score (nSPS) is 11.2. The largest absolute Gasteiger partial charge is 0.508 e. The molecule has 0 amide bonds. The Labute approximate surface area is 161 Å². The van der Waals surface area contributed by atoms with E-state index in [9.17, 15) is 9.90 Å². The summed E-state index contributed by atoms with van der Waals surface area (Å²) in [5.74, 6) is 1.37. The van der Waals surface area contributed by atoms with Crippen LogP contribution in [-0.2, 0) is 0 Å². The minimum atomic E-state index is -0.149. The van der Waals surface area contributed by atoms with E-state index in [2.05, 4.69) is 4.98 Å². The number of aromatic hydroxyl groups is 1. The Morgan fingerprint density at radius 1 is 0.964 bits per heavy atom. The summed E-state index contributed by atoms with van der Waals surface area (Å²) in [4.78, 5) is 17.9. The molecule has 0 fully saturated rings. The molecule has 1 heterocycles. The van der Waals surface area contributed by atoms with Gasteiger partial charge in [0.2, 0.25) is 0 Å². The second-order valence-corrected chi connectivity index (χ2v) is 6.25. The zero-order valence-corrected chi connectivity index (χ0v) is 15.2. The van der Waals surface area contributed by atoms with Crippen molar-refractivity contribution in [3.8, 4) is 17.2 Å². The molecular formula is C23H18N2O3. The highest BCUT2D eigenvalue weighted by Crippen LogP contribution is 2.19. The fraction of sp³-hybridized carbons (Fsp3) is 0.0435. The van der Waals surface area contributed by atoms with Crippen molar-refractivity contribution in [3.05, 3.63) is 94.5 Å². The van der Waals surface area contributed by atoms with Gasteiger partial charge < -0.3 is 9.84 Å². The lowest BCUT2D eigenvalue weighted by Gasteiger charge is -2.12. The quantitative estimate of drug-likeness (QED) is 0.583. The van der Waals surface area contributed by atoms with Crippen LogP contribution < -0.4 is 10.3 Å². The molecule has 4 rings (SSSR count). The SMILES string of the molecule is COc1cccc(-n2c(/C=C\c3ccc(O)cc3)nc3ccccc3c2=O)c1. The predicted octanol–water partition coefficient (Wildman–Crippen LogP) is 4.27. The van der Waals surface area contributed by atoms with Gasteiger partial charge in [0.05, 0.1) is 23.7 Å². The number of fused-ring (bicyclic) bond motifs is 1. The summed E-state index contributed by atoms with van der Waals surface area (Å²) in [5, 5.41) is 9.99. The van der Waals surface area contributed by atoms with Crippen LogP contribution in [0.2, 0.25) is 0 Å². The Hall–Kier alpha value is -3.86. The monoisotopic (exact) mass is 370 g/mol. The number of methoxy groups -OCH3 is 1. The summed E-state index contributed by atoms with van der Waals surface area (Å²) >= 11 is 0. The van der Waals surface area contributed by atoms with Gasteiger partial charge in [-0.25, -0.2) is 4.98 Å². The third kappa shape index (κ3) is 3.38. The second kappa shape index (κ2) is 7.40. The minimum absolute atomic E-state index is 0.149. The summed E-state index contributed by atoms with van der Waals surface area (Å²) in [6, 6.07) is 21.4. The molecule has 0 radical (unpaired) electrons. The average Bonchev–Trinajstić information content (AvgIpc) is 2.73. The van der Waals surface area contributed by atoms with E-state index in [0.717, 1.165) is 5.56 Å². The molecule has 0 aliphatic heterocycles. The van der Waals surface area contributed by atoms with Crippen molar-refractivity contribution in [2.75, 3.05) is 7.11 Å². The van der Waals surface area contributed by atoms with Crippen molar-refractivity contribution in [1.29, 1.82) is 0 Å². The van der Waals surface area contributed by atoms with Crippen LogP contribution in [0, 0.1) is 0 Å². The number of phenolic OH excluding ortho intramolecular Hbond substituents is 1. The number of phenols is 1. The summed E-state index contributed by atoms with van der Waals surface area (Å²) in [6.07, 6.45) is 3.65. The predicted molar refractivity (Wildman–Crippen MR) is 111 cm³/mol. The van der Waals surface area contributed by atoms with Gasteiger partial charge in [-0.3, -0.25) is 9.36 Å². The van der Waals surface area contributed by atoms with Crippen molar-refractivity contribution in [3.63, 3.8) is 0 Å². The Morgan fingerprint density at radius 3 is 2.54 bits per heavy atom. The average molecular weight is 370 g/mol. The molecule has 138 valence electrons. The van der Waals surface area contributed by atoms with E-state index in [1.165, 1.54) is 0 Å². The first-order chi connectivity index (χ1) is 13.7. The van der Waals surface area contributed by atoms with Crippen molar-refractivity contribution >= 4 is 23.1 Å². The lowest BCUT2D eigenvalue weighted by atomic mass is 10.2. The van der Waals surface area contributed by atoms with E-state index in [-0.39, 0.29) is 11.3 Å². The third-order valence-electron chi connectivity index (χ3n) is 4.43. The summed E-state index contributed by atoms with van der Waals surface area (Å²) < 4.78 is 6.88. The van der Waals surface area contributed by atoms with Crippen LogP contribution in [0.3, 0.4) is 0 Å². The number of hydrogen-bond donors (Lipinski definition) is 1. The van der Waals surface area contributed by atoms with Gasteiger partial charge in [0.15, 0.2) is 0 Å². The number of rotatable bonds is 4. The van der Waals surface area contributed by atoms with E-state index >= 15 is 0 Å². The maximum Gasteiger partial charge on any atom is 0.266 e. The number of para-hydroxylation sites is 1. The van der Waals surface area contributed by atoms with Crippen molar-refractivity contribution in [2.45, 2.75) is 0 Å². The number of benzene rings is 3. The van der Waals surface area contributed by atoms with E-state index in [0.29, 0.717) is 28.2 Å². The Balaban J connectivity index is 1.92. The van der Waals surface area contributed by atoms with Crippen LogP contribution in [0.4, 0.5) is 0 Å². The highest BCUT2D eigenvalue weighted by molar-refractivity contribution is 5.80. The van der Waals surface area contributed by atoms with E-state index in [4.69, 9.17) is 4.74 Å². The first kappa shape index (κ1) is 17.5. The zero-order chi connectivity index (χ0) is 19.5. The number of ether oxygens (including phenoxy) is 1. The molecular weight excluding hydrogens is 352 g/mol. The standard InChI is InChI=1S/C23H18N2O3/c1-28-19-6-4-5-17(15-19)25-22(14-11-16-9-12-18(26)13-10-16)24-21-8-3-2-7-20(21)23(25)27/h2-15,26H,1H3/b14-11-. The molecule has 0 unspecified atom stereocenters. The van der Waals surface area contributed by atoms with Crippen LogP contribution in [0.5, 0.6) is 11.5 Å². The van der Waals surface area contributed by atoms with Crippen molar-refractivity contribution in [2.24, 2.45) is 0 Å². The first-order valence-electron chi connectivity index (χ1n) is 8.79. The van der Waals surface area contributed by atoms with Crippen molar-refractivity contribution in [1.82, 2.24) is 9.55 Å². The molecule has 4 aromatic rings. The smallest absolute Gasteiger partial charge is 0.266 e. The molecule has 5 heteroatoms. The Bertz CT molecular complexity index is 1220. The Kier molecular flexibility index (Phi) is 4.64. The van der Waals surface area contributed by atoms with Gasteiger partial charge in [-0.15, -0.1) is 0 Å².